The van der Waals surface area contributed by atoms with E-state index in [-0.39, 0.29) is 5.91 Å². The molecule has 0 saturated heterocycles. The van der Waals surface area contributed by atoms with Gasteiger partial charge in [0.25, 0.3) is 0 Å². The van der Waals surface area contributed by atoms with Crippen LogP contribution in [-0.2, 0) is 4.79 Å². The second-order valence-electron chi connectivity index (χ2n) is 6.46. The quantitative estimate of drug-likeness (QED) is 0.341. The lowest BCUT2D eigenvalue weighted by Gasteiger charge is -2.07. The van der Waals surface area contributed by atoms with E-state index in [4.69, 9.17) is 0 Å². The highest BCUT2D eigenvalue weighted by Crippen LogP contribution is 2.41. The SMILES string of the molecule is Cc1ccc(NC(=O)CSc2ncnc3sc(C)c(-c4ccccc4)c23)cc1. The van der Waals surface area contributed by atoms with E-state index < -0.39 is 0 Å². The third-order valence-electron chi connectivity index (χ3n) is 4.37. The average molecular weight is 406 g/mol. The number of rotatable bonds is 5. The van der Waals surface area contributed by atoms with E-state index in [1.807, 2.05) is 49.4 Å². The predicted octanol–water partition coefficient (Wildman–Crippen LogP) is 5.71. The number of hydrogen-bond acceptors (Lipinski definition) is 5. The van der Waals surface area contributed by atoms with E-state index in [0.29, 0.717) is 5.75 Å². The Morgan fingerprint density at radius 3 is 2.54 bits per heavy atom. The molecule has 4 aromatic rings. The Morgan fingerprint density at radius 2 is 1.79 bits per heavy atom. The molecule has 1 amide bonds. The van der Waals surface area contributed by atoms with E-state index in [9.17, 15) is 4.79 Å². The van der Waals surface area contributed by atoms with E-state index in [1.165, 1.54) is 16.6 Å². The van der Waals surface area contributed by atoms with Crippen molar-refractivity contribution in [2.45, 2.75) is 18.9 Å². The standard InChI is InChI=1S/C22H19N3OS2/c1-14-8-10-17(11-9-14)25-18(26)12-27-21-20-19(16-6-4-3-5-7-16)15(2)28-22(20)24-13-23-21/h3-11,13H,12H2,1-2H3,(H,25,26). The van der Waals surface area contributed by atoms with Gasteiger partial charge in [0.1, 0.15) is 16.2 Å². The minimum Gasteiger partial charge on any atom is -0.325 e. The van der Waals surface area contributed by atoms with Crippen molar-refractivity contribution >= 4 is 44.9 Å². The number of carbonyl (C=O) groups is 1. The molecule has 0 aliphatic carbocycles. The van der Waals surface area contributed by atoms with Crippen LogP contribution in [0.3, 0.4) is 0 Å². The smallest absolute Gasteiger partial charge is 0.234 e. The normalized spacial score (nSPS) is 10.9. The van der Waals surface area contributed by atoms with Gasteiger partial charge in [0.2, 0.25) is 5.91 Å². The molecule has 6 heteroatoms. The number of fused-ring (bicyclic) bond motifs is 1. The first-order chi connectivity index (χ1) is 13.6. The molecule has 0 aliphatic heterocycles. The van der Waals surface area contributed by atoms with Crippen molar-refractivity contribution in [1.29, 1.82) is 0 Å². The van der Waals surface area contributed by atoms with Crippen LogP contribution in [0, 0.1) is 13.8 Å². The minimum atomic E-state index is -0.0474. The number of aryl methyl sites for hydroxylation is 2. The summed E-state index contributed by atoms with van der Waals surface area (Å²) in [6, 6.07) is 18.1. The molecule has 2 aromatic carbocycles. The molecule has 2 aromatic heterocycles. The van der Waals surface area contributed by atoms with Gasteiger partial charge in [-0.05, 0) is 31.5 Å². The lowest BCUT2D eigenvalue weighted by atomic mass is 10.0. The third-order valence-corrected chi connectivity index (χ3v) is 6.37. The minimum absolute atomic E-state index is 0.0474. The summed E-state index contributed by atoms with van der Waals surface area (Å²) in [6.45, 7) is 4.13. The molecule has 4 rings (SSSR count). The zero-order valence-corrected chi connectivity index (χ0v) is 17.2. The molecule has 1 N–H and O–H groups in total. The van der Waals surface area contributed by atoms with Crippen molar-refractivity contribution in [2.75, 3.05) is 11.1 Å². The van der Waals surface area contributed by atoms with Gasteiger partial charge in [-0.2, -0.15) is 0 Å². The Morgan fingerprint density at radius 1 is 1.04 bits per heavy atom. The summed E-state index contributed by atoms with van der Waals surface area (Å²) in [5.74, 6) is 0.247. The van der Waals surface area contributed by atoms with Crippen molar-refractivity contribution in [1.82, 2.24) is 9.97 Å². The van der Waals surface area contributed by atoms with Crippen LogP contribution in [0.2, 0.25) is 0 Å². The highest BCUT2D eigenvalue weighted by Gasteiger charge is 2.17. The van der Waals surface area contributed by atoms with Gasteiger partial charge in [-0.25, -0.2) is 9.97 Å². The summed E-state index contributed by atoms with van der Waals surface area (Å²) in [7, 11) is 0. The molecular weight excluding hydrogens is 386 g/mol. The van der Waals surface area contributed by atoms with Gasteiger partial charge in [0, 0.05) is 16.1 Å². The largest absolute Gasteiger partial charge is 0.325 e. The van der Waals surface area contributed by atoms with Crippen molar-refractivity contribution in [3.8, 4) is 11.1 Å². The highest BCUT2D eigenvalue weighted by molar-refractivity contribution is 8.00. The van der Waals surface area contributed by atoms with Crippen molar-refractivity contribution in [2.24, 2.45) is 0 Å². The Balaban J connectivity index is 1.59. The Labute approximate surface area is 172 Å². The number of carbonyl (C=O) groups excluding carboxylic acids is 1. The molecule has 0 radical (unpaired) electrons. The van der Waals surface area contributed by atoms with Gasteiger partial charge in [-0.3, -0.25) is 4.79 Å². The van der Waals surface area contributed by atoms with Crippen LogP contribution >= 0.6 is 23.1 Å². The predicted molar refractivity (Wildman–Crippen MR) is 118 cm³/mol. The van der Waals surface area contributed by atoms with Crippen LogP contribution in [-0.4, -0.2) is 21.6 Å². The van der Waals surface area contributed by atoms with E-state index in [0.717, 1.165) is 37.6 Å². The maximum absolute atomic E-state index is 12.4. The van der Waals surface area contributed by atoms with Crippen molar-refractivity contribution in [3.05, 3.63) is 71.4 Å². The molecule has 0 aliphatic rings. The molecule has 0 unspecified atom stereocenters. The Hall–Kier alpha value is -2.70. The fourth-order valence-corrected chi connectivity index (χ4v) is 4.93. The number of amides is 1. The number of aromatic nitrogens is 2. The number of thioether (sulfide) groups is 1. The van der Waals surface area contributed by atoms with Gasteiger partial charge in [0.05, 0.1) is 11.1 Å². The lowest BCUT2D eigenvalue weighted by molar-refractivity contribution is -0.113. The van der Waals surface area contributed by atoms with Crippen molar-refractivity contribution in [3.63, 3.8) is 0 Å². The monoisotopic (exact) mass is 405 g/mol. The summed E-state index contributed by atoms with van der Waals surface area (Å²) in [5.41, 5.74) is 4.27. The van der Waals surface area contributed by atoms with Crippen LogP contribution in [0.1, 0.15) is 10.4 Å². The zero-order valence-electron chi connectivity index (χ0n) is 15.6. The summed E-state index contributed by atoms with van der Waals surface area (Å²) in [5, 5.41) is 4.81. The van der Waals surface area contributed by atoms with Gasteiger partial charge in [0.15, 0.2) is 0 Å². The summed E-state index contributed by atoms with van der Waals surface area (Å²) in [4.78, 5) is 23.5. The number of nitrogens with one attached hydrogen (secondary N) is 1. The molecule has 0 fully saturated rings. The third kappa shape index (κ3) is 3.93. The second-order valence-corrected chi connectivity index (χ2v) is 8.63. The molecule has 0 saturated carbocycles. The first kappa shape index (κ1) is 18.7. The molecule has 0 atom stereocenters. The summed E-state index contributed by atoms with van der Waals surface area (Å²) in [6.07, 6.45) is 1.58. The summed E-state index contributed by atoms with van der Waals surface area (Å²) < 4.78 is 0. The number of hydrogen-bond donors (Lipinski definition) is 1. The molecule has 0 spiro atoms. The van der Waals surface area contributed by atoms with Crippen LogP contribution in [0.4, 0.5) is 5.69 Å². The van der Waals surface area contributed by atoms with E-state index >= 15 is 0 Å². The van der Waals surface area contributed by atoms with Crippen molar-refractivity contribution < 1.29 is 4.79 Å². The van der Waals surface area contributed by atoms with Crippen LogP contribution in [0.15, 0.2) is 66.0 Å². The fraction of sp³-hybridized carbons (Fsp3) is 0.136. The zero-order chi connectivity index (χ0) is 19.5. The average Bonchev–Trinajstić information content (AvgIpc) is 3.05. The first-order valence-electron chi connectivity index (χ1n) is 8.90. The molecule has 140 valence electrons. The lowest BCUT2D eigenvalue weighted by Crippen LogP contribution is -2.14. The second kappa shape index (κ2) is 8.12. The molecule has 4 nitrogen and oxygen atoms in total. The van der Waals surface area contributed by atoms with Gasteiger partial charge >= 0.3 is 0 Å². The number of nitrogens with zero attached hydrogens (tertiary/aromatic N) is 2. The van der Waals surface area contributed by atoms with Crippen LogP contribution in [0.25, 0.3) is 21.3 Å². The molecular formula is C22H19N3OS2. The summed E-state index contributed by atoms with van der Waals surface area (Å²) >= 11 is 3.11. The Kier molecular flexibility index (Phi) is 5.41. The molecule has 2 heterocycles. The maximum atomic E-state index is 12.4. The molecule has 0 bridgehead atoms. The van der Waals surface area contributed by atoms with Gasteiger partial charge in [-0.1, -0.05) is 59.8 Å². The number of benzene rings is 2. The van der Waals surface area contributed by atoms with E-state index in [2.05, 4.69) is 34.3 Å². The van der Waals surface area contributed by atoms with Crippen LogP contribution in [0.5, 0.6) is 0 Å². The maximum Gasteiger partial charge on any atom is 0.234 e. The topological polar surface area (TPSA) is 54.9 Å². The first-order valence-corrected chi connectivity index (χ1v) is 10.7. The molecule has 28 heavy (non-hydrogen) atoms. The Bertz CT molecular complexity index is 1120. The van der Waals surface area contributed by atoms with E-state index in [1.54, 1.807) is 17.7 Å². The van der Waals surface area contributed by atoms with Gasteiger partial charge in [-0.15, -0.1) is 11.3 Å². The highest BCUT2D eigenvalue weighted by atomic mass is 32.2. The number of anilines is 1. The number of thiophene rings is 1. The fourth-order valence-electron chi connectivity index (χ4n) is 3.05. The van der Waals surface area contributed by atoms with Crippen LogP contribution < -0.4 is 5.32 Å². The van der Waals surface area contributed by atoms with Gasteiger partial charge < -0.3 is 5.32 Å².